The molecule has 1 heterocycles. The number of amides is 3. The Balaban J connectivity index is 2.07. The van der Waals surface area contributed by atoms with E-state index in [1.54, 1.807) is 11.9 Å². The SMILES string of the molecule is CN1C(=O)C(NC(=O)CNC=O)c2ccccc2-c2ccccc21. The molecule has 1 unspecified atom stereocenters. The summed E-state index contributed by atoms with van der Waals surface area (Å²) in [4.78, 5) is 36.8. The van der Waals surface area contributed by atoms with Gasteiger partial charge in [0.25, 0.3) is 5.91 Å². The molecule has 1 aliphatic rings. The van der Waals surface area contributed by atoms with Gasteiger partial charge in [-0.25, -0.2) is 0 Å². The summed E-state index contributed by atoms with van der Waals surface area (Å²) in [5, 5.41) is 5.02. The van der Waals surface area contributed by atoms with Crippen LogP contribution < -0.4 is 15.5 Å². The highest BCUT2D eigenvalue weighted by atomic mass is 16.2. The molecular weight excluding hydrogens is 306 g/mol. The Kier molecular flexibility index (Phi) is 4.29. The van der Waals surface area contributed by atoms with Gasteiger partial charge in [-0.2, -0.15) is 0 Å². The summed E-state index contributed by atoms with van der Waals surface area (Å²) >= 11 is 0. The molecule has 0 fully saturated rings. The lowest BCUT2D eigenvalue weighted by Gasteiger charge is -2.22. The molecule has 122 valence electrons. The van der Waals surface area contributed by atoms with Crippen molar-refractivity contribution in [3.63, 3.8) is 0 Å². The second kappa shape index (κ2) is 6.54. The Bertz CT molecular complexity index is 804. The fourth-order valence-electron chi connectivity index (χ4n) is 2.92. The van der Waals surface area contributed by atoms with Gasteiger partial charge in [0.15, 0.2) is 0 Å². The summed E-state index contributed by atoms with van der Waals surface area (Å²) in [6, 6.07) is 14.3. The molecule has 0 saturated heterocycles. The molecule has 0 aromatic heterocycles. The van der Waals surface area contributed by atoms with Crippen LogP contribution in [0.4, 0.5) is 5.69 Å². The Labute approximate surface area is 139 Å². The molecule has 6 heteroatoms. The molecule has 0 radical (unpaired) electrons. The van der Waals surface area contributed by atoms with Gasteiger partial charge in [0.2, 0.25) is 12.3 Å². The summed E-state index contributed by atoms with van der Waals surface area (Å²) in [5.41, 5.74) is 3.36. The Morgan fingerprint density at radius 1 is 1.12 bits per heavy atom. The van der Waals surface area contributed by atoms with E-state index in [9.17, 15) is 14.4 Å². The van der Waals surface area contributed by atoms with E-state index in [1.165, 1.54) is 0 Å². The molecule has 1 aliphatic heterocycles. The molecule has 2 aromatic rings. The van der Waals surface area contributed by atoms with Crippen LogP contribution in [0.5, 0.6) is 0 Å². The molecule has 2 aromatic carbocycles. The third kappa shape index (κ3) is 2.74. The maximum Gasteiger partial charge on any atom is 0.253 e. The minimum absolute atomic E-state index is 0.174. The molecule has 24 heavy (non-hydrogen) atoms. The van der Waals surface area contributed by atoms with E-state index in [-0.39, 0.29) is 12.5 Å². The zero-order valence-electron chi connectivity index (χ0n) is 13.2. The third-order valence-electron chi connectivity index (χ3n) is 4.06. The largest absolute Gasteiger partial charge is 0.350 e. The lowest BCUT2D eigenvalue weighted by molar-refractivity contribution is -0.127. The van der Waals surface area contributed by atoms with Crippen LogP contribution in [-0.2, 0) is 14.4 Å². The van der Waals surface area contributed by atoms with Gasteiger partial charge in [-0.3, -0.25) is 14.4 Å². The van der Waals surface area contributed by atoms with Gasteiger partial charge in [-0.15, -0.1) is 0 Å². The lowest BCUT2D eigenvalue weighted by atomic mass is 9.95. The number of hydrogen-bond donors (Lipinski definition) is 2. The number of anilines is 1. The van der Waals surface area contributed by atoms with Crippen molar-refractivity contribution in [1.29, 1.82) is 0 Å². The van der Waals surface area contributed by atoms with E-state index >= 15 is 0 Å². The van der Waals surface area contributed by atoms with Crippen LogP contribution in [0.3, 0.4) is 0 Å². The van der Waals surface area contributed by atoms with Crippen LogP contribution in [-0.4, -0.2) is 31.8 Å². The summed E-state index contributed by atoms with van der Waals surface area (Å²) in [7, 11) is 1.69. The molecule has 2 N–H and O–H groups in total. The van der Waals surface area contributed by atoms with Crippen molar-refractivity contribution in [1.82, 2.24) is 10.6 Å². The predicted octanol–water partition coefficient (Wildman–Crippen LogP) is 1.23. The van der Waals surface area contributed by atoms with Crippen molar-refractivity contribution in [2.45, 2.75) is 6.04 Å². The van der Waals surface area contributed by atoms with E-state index in [0.29, 0.717) is 6.41 Å². The molecule has 0 aliphatic carbocycles. The van der Waals surface area contributed by atoms with E-state index < -0.39 is 11.9 Å². The number of carbonyl (C=O) groups excluding carboxylic acids is 3. The Morgan fingerprint density at radius 2 is 1.79 bits per heavy atom. The molecule has 3 rings (SSSR count). The van der Waals surface area contributed by atoms with Crippen LogP contribution in [0.25, 0.3) is 11.1 Å². The van der Waals surface area contributed by atoms with Crippen LogP contribution in [0.15, 0.2) is 48.5 Å². The van der Waals surface area contributed by atoms with Crippen molar-refractivity contribution >= 4 is 23.9 Å². The number of likely N-dealkylation sites (N-methyl/N-ethyl adjacent to an activating group) is 1. The number of nitrogens with zero attached hydrogens (tertiary/aromatic N) is 1. The van der Waals surface area contributed by atoms with Crippen LogP contribution >= 0.6 is 0 Å². The number of nitrogens with one attached hydrogen (secondary N) is 2. The highest BCUT2D eigenvalue weighted by Crippen LogP contribution is 2.39. The Hall–Kier alpha value is -3.15. The standard InChI is InChI=1S/C18H17N3O3/c1-21-15-9-5-4-7-13(15)12-6-2-3-8-14(12)17(18(21)24)20-16(23)10-19-11-22/h2-9,11,17H,10H2,1H3,(H,19,22)(H,20,23). The van der Waals surface area contributed by atoms with E-state index in [2.05, 4.69) is 10.6 Å². The van der Waals surface area contributed by atoms with Crippen molar-refractivity contribution in [2.24, 2.45) is 0 Å². The van der Waals surface area contributed by atoms with Gasteiger partial charge in [0.1, 0.15) is 6.04 Å². The van der Waals surface area contributed by atoms with E-state index in [1.807, 2.05) is 48.5 Å². The predicted molar refractivity (Wildman–Crippen MR) is 90.2 cm³/mol. The fraction of sp³-hybridized carbons (Fsp3) is 0.167. The first-order valence-electron chi connectivity index (χ1n) is 7.55. The molecule has 0 saturated carbocycles. The first kappa shape index (κ1) is 15.7. The van der Waals surface area contributed by atoms with Gasteiger partial charge in [0, 0.05) is 12.6 Å². The minimum atomic E-state index is -0.806. The van der Waals surface area contributed by atoms with Crippen molar-refractivity contribution < 1.29 is 14.4 Å². The number of para-hydroxylation sites is 1. The van der Waals surface area contributed by atoms with Gasteiger partial charge in [0.05, 0.1) is 12.2 Å². The summed E-state index contributed by atoms with van der Waals surface area (Å²) in [6.45, 7) is -0.174. The van der Waals surface area contributed by atoms with Gasteiger partial charge in [-0.05, 0) is 17.2 Å². The van der Waals surface area contributed by atoms with Crippen LogP contribution in [0.2, 0.25) is 0 Å². The average Bonchev–Trinajstić information content (AvgIpc) is 2.70. The highest BCUT2D eigenvalue weighted by molar-refractivity contribution is 6.06. The number of benzene rings is 2. The molecule has 0 spiro atoms. The number of carbonyl (C=O) groups is 3. The van der Waals surface area contributed by atoms with E-state index in [4.69, 9.17) is 0 Å². The molecule has 0 bridgehead atoms. The molecule has 3 amide bonds. The quantitative estimate of drug-likeness (QED) is 0.831. The average molecular weight is 323 g/mol. The summed E-state index contributed by atoms with van der Waals surface area (Å²) in [6.07, 6.45) is 0.449. The molecule has 6 nitrogen and oxygen atoms in total. The normalized spacial score (nSPS) is 15.8. The lowest BCUT2D eigenvalue weighted by Crippen LogP contribution is -2.43. The topological polar surface area (TPSA) is 78.5 Å². The zero-order valence-corrected chi connectivity index (χ0v) is 13.2. The van der Waals surface area contributed by atoms with Crippen molar-refractivity contribution in [3.8, 4) is 11.1 Å². The van der Waals surface area contributed by atoms with Crippen molar-refractivity contribution in [3.05, 3.63) is 54.1 Å². The second-order valence-electron chi connectivity index (χ2n) is 5.50. The Morgan fingerprint density at radius 3 is 2.54 bits per heavy atom. The molecular formula is C18H17N3O3. The molecule has 1 atom stereocenters. The first-order valence-corrected chi connectivity index (χ1v) is 7.55. The number of hydrogen-bond acceptors (Lipinski definition) is 3. The minimum Gasteiger partial charge on any atom is -0.350 e. The summed E-state index contributed by atoms with van der Waals surface area (Å²) < 4.78 is 0. The monoisotopic (exact) mass is 323 g/mol. The highest BCUT2D eigenvalue weighted by Gasteiger charge is 2.32. The summed E-state index contributed by atoms with van der Waals surface area (Å²) in [5.74, 6) is -0.651. The van der Waals surface area contributed by atoms with Gasteiger partial charge in [-0.1, -0.05) is 42.5 Å². The van der Waals surface area contributed by atoms with E-state index in [0.717, 1.165) is 22.4 Å². The van der Waals surface area contributed by atoms with Gasteiger partial charge >= 0.3 is 0 Å². The van der Waals surface area contributed by atoms with Crippen LogP contribution in [0, 0.1) is 0 Å². The third-order valence-corrected chi connectivity index (χ3v) is 4.06. The number of fused-ring (bicyclic) bond motifs is 3. The zero-order chi connectivity index (χ0) is 17.1. The van der Waals surface area contributed by atoms with Crippen LogP contribution in [0.1, 0.15) is 11.6 Å². The second-order valence-corrected chi connectivity index (χ2v) is 5.50. The maximum absolute atomic E-state index is 12.9. The van der Waals surface area contributed by atoms with Crippen molar-refractivity contribution in [2.75, 3.05) is 18.5 Å². The fourth-order valence-corrected chi connectivity index (χ4v) is 2.92. The van der Waals surface area contributed by atoms with Gasteiger partial charge < -0.3 is 15.5 Å². The first-order chi connectivity index (χ1) is 11.6. The number of rotatable bonds is 4. The smallest absolute Gasteiger partial charge is 0.253 e. The maximum atomic E-state index is 12.9.